The van der Waals surface area contributed by atoms with Gasteiger partial charge in [-0.2, -0.15) is 0 Å². The first-order valence-electron chi connectivity index (χ1n) is 9.16. The zero-order valence-electron chi connectivity index (χ0n) is 16.7. The van der Waals surface area contributed by atoms with Crippen molar-refractivity contribution < 1.29 is 19.1 Å². The molecule has 0 radical (unpaired) electrons. The number of hydrogen-bond donors (Lipinski definition) is 2. The van der Waals surface area contributed by atoms with E-state index >= 15 is 0 Å². The number of carbonyl (C=O) groups excluding carboxylic acids is 3. The Balaban J connectivity index is 1.86. The fraction of sp³-hybridized carbons (Fsp3) is 0.318. The molecule has 6 heteroatoms. The molecule has 0 heterocycles. The summed E-state index contributed by atoms with van der Waals surface area (Å²) in [6.07, 6.45) is 0. The summed E-state index contributed by atoms with van der Waals surface area (Å²) >= 11 is 0. The molecule has 0 aromatic heterocycles. The molecular formula is C22H26N2O4. The Labute approximate surface area is 165 Å². The lowest BCUT2D eigenvalue weighted by Crippen LogP contribution is -2.32. The van der Waals surface area contributed by atoms with Gasteiger partial charge in [0.1, 0.15) is 0 Å². The van der Waals surface area contributed by atoms with Gasteiger partial charge in [-0.1, -0.05) is 32.9 Å². The molecular weight excluding hydrogens is 356 g/mol. The number of esters is 1. The van der Waals surface area contributed by atoms with Crippen molar-refractivity contribution in [2.75, 3.05) is 18.5 Å². The summed E-state index contributed by atoms with van der Waals surface area (Å²) in [7, 11) is 0. The van der Waals surface area contributed by atoms with Gasteiger partial charge >= 0.3 is 5.97 Å². The number of ether oxygens (including phenoxy) is 1. The highest BCUT2D eigenvalue weighted by Crippen LogP contribution is 2.22. The van der Waals surface area contributed by atoms with Crippen LogP contribution < -0.4 is 10.6 Å². The summed E-state index contributed by atoms with van der Waals surface area (Å²) in [4.78, 5) is 35.8. The van der Waals surface area contributed by atoms with Crippen LogP contribution in [0.15, 0.2) is 48.5 Å². The smallest absolute Gasteiger partial charge is 0.338 e. The van der Waals surface area contributed by atoms with Crippen LogP contribution in [0.4, 0.5) is 5.69 Å². The van der Waals surface area contributed by atoms with Gasteiger partial charge in [0.15, 0.2) is 0 Å². The molecule has 0 unspecified atom stereocenters. The molecule has 0 aliphatic rings. The second-order valence-electron chi connectivity index (χ2n) is 7.36. The van der Waals surface area contributed by atoms with Gasteiger partial charge in [0.2, 0.25) is 5.91 Å². The average Bonchev–Trinajstić information content (AvgIpc) is 2.66. The maximum absolute atomic E-state index is 12.2. The van der Waals surface area contributed by atoms with Gasteiger partial charge in [0.25, 0.3) is 5.91 Å². The van der Waals surface area contributed by atoms with Crippen molar-refractivity contribution in [3.8, 4) is 0 Å². The maximum atomic E-state index is 12.2. The number of benzene rings is 2. The Hall–Kier alpha value is -3.15. The van der Waals surface area contributed by atoms with E-state index in [1.54, 1.807) is 43.3 Å². The van der Waals surface area contributed by atoms with Gasteiger partial charge in [-0.25, -0.2) is 4.79 Å². The van der Waals surface area contributed by atoms with Crippen LogP contribution in [0.25, 0.3) is 0 Å². The van der Waals surface area contributed by atoms with Crippen LogP contribution in [0.5, 0.6) is 0 Å². The highest BCUT2D eigenvalue weighted by molar-refractivity contribution is 5.99. The second kappa shape index (κ2) is 9.17. The van der Waals surface area contributed by atoms with Crippen molar-refractivity contribution in [2.24, 2.45) is 0 Å². The SMILES string of the molecule is CCOC(=O)c1ccc(NC(=O)CNC(=O)c2ccc(C(C)(C)C)cc2)cc1. The van der Waals surface area contributed by atoms with Crippen LogP contribution >= 0.6 is 0 Å². The minimum absolute atomic E-state index is 0.0116. The third-order valence-electron chi connectivity index (χ3n) is 4.10. The molecule has 2 aromatic carbocycles. The molecule has 2 N–H and O–H groups in total. The lowest BCUT2D eigenvalue weighted by molar-refractivity contribution is -0.115. The summed E-state index contributed by atoms with van der Waals surface area (Å²) in [5, 5.41) is 5.27. The molecule has 0 saturated carbocycles. The molecule has 0 fully saturated rings. The van der Waals surface area contributed by atoms with Crippen LogP contribution in [0, 0.1) is 0 Å². The zero-order valence-corrected chi connectivity index (χ0v) is 16.7. The van der Waals surface area contributed by atoms with Gasteiger partial charge in [-0.05, 0) is 54.3 Å². The molecule has 0 atom stereocenters. The molecule has 0 bridgehead atoms. The van der Waals surface area contributed by atoms with Crippen LogP contribution in [-0.4, -0.2) is 30.9 Å². The monoisotopic (exact) mass is 382 g/mol. The van der Waals surface area contributed by atoms with E-state index in [0.717, 1.165) is 5.56 Å². The standard InChI is InChI=1S/C22H26N2O4/c1-5-28-21(27)16-8-12-18(13-9-16)24-19(25)14-23-20(26)15-6-10-17(11-7-15)22(2,3)4/h6-13H,5,14H2,1-4H3,(H,23,26)(H,24,25). The van der Waals surface area contributed by atoms with E-state index in [1.807, 2.05) is 12.1 Å². The molecule has 0 aliphatic heterocycles. The number of nitrogens with one attached hydrogen (secondary N) is 2. The summed E-state index contributed by atoms with van der Waals surface area (Å²) in [5.41, 5.74) is 2.58. The predicted octanol–water partition coefficient (Wildman–Crippen LogP) is 3.53. The molecule has 2 aromatic rings. The van der Waals surface area contributed by atoms with E-state index in [-0.39, 0.29) is 23.8 Å². The Bertz CT molecular complexity index is 834. The largest absolute Gasteiger partial charge is 0.462 e. The molecule has 28 heavy (non-hydrogen) atoms. The van der Waals surface area contributed by atoms with Crippen LogP contribution in [0.2, 0.25) is 0 Å². The quantitative estimate of drug-likeness (QED) is 0.749. The number of amides is 2. The summed E-state index contributed by atoms with van der Waals surface area (Å²) in [6, 6.07) is 13.7. The van der Waals surface area contributed by atoms with E-state index in [4.69, 9.17) is 4.74 Å². The highest BCUT2D eigenvalue weighted by atomic mass is 16.5. The second-order valence-corrected chi connectivity index (χ2v) is 7.36. The first kappa shape index (κ1) is 21.2. The Kier molecular flexibility index (Phi) is 6.93. The number of rotatable bonds is 6. The van der Waals surface area contributed by atoms with Crippen LogP contribution in [0.1, 0.15) is 54.0 Å². The fourth-order valence-corrected chi connectivity index (χ4v) is 2.49. The Morgan fingerprint density at radius 1 is 0.893 bits per heavy atom. The number of carbonyl (C=O) groups is 3. The normalized spacial score (nSPS) is 10.9. The zero-order chi connectivity index (χ0) is 20.7. The molecule has 0 spiro atoms. The Morgan fingerprint density at radius 3 is 2.00 bits per heavy atom. The van der Waals surface area contributed by atoms with E-state index in [2.05, 4.69) is 31.4 Å². The Morgan fingerprint density at radius 2 is 1.46 bits per heavy atom. The van der Waals surface area contributed by atoms with Crippen molar-refractivity contribution in [3.05, 3.63) is 65.2 Å². The van der Waals surface area contributed by atoms with Crippen molar-refractivity contribution in [1.29, 1.82) is 0 Å². The minimum atomic E-state index is -0.412. The lowest BCUT2D eigenvalue weighted by atomic mass is 9.87. The van der Waals surface area contributed by atoms with Gasteiger partial charge in [-0.15, -0.1) is 0 Å². The van der Waals surface area contributed by atoms with Crippen molar-refractivity contribution in [2.45, 2.75) is 33.1 Å². The fourth-order valence-electron chi connectivity index (χ4n) is 2.49. The third-order valence-corrected chi connectivity index (χ3v) is 4.10. The molecule has 148 valence electrons. The molecule has 0 aliphatic carbocycles. The summed E-state index contributed by atoms with van der Waals surface area (Å²) < 4.78 is 4.91. The van der Waals surface area contributed by atoms with Gasteiger partial charge in [-0.3, -0.25) is 9.59 Å². The maximum Gasteiger partial charge on any atom is 0.338 e. The van der Waals surface area contributed by atoms with Crippen molar-refractivity contribution in [3.63, 3.8) is 0 Å². The van der Waals surface area contributed by atoms with Crippen molar-refractivity contribution >= 4 is 23.5 Å². The highest BCUT2D eigenvalue weighted by Gasteiger charge is 2.15. The average molecular weight is 382 g/mol. The lowest BCUT2D eigenvalue weighted by Gasteiger charge is -2.19. The van der Waals surface area contributed by atoms with E-state index in [0.29, 0.717) is 23.4 Å². The summed E-state index contributed by atoms with van der Waals surface area (Å²) in [6.45, 7) is 8.19. The molecule has 6 nitrogen and oxygen atoms in total. The topological polar surface area (TPSA) is 84.5 Å². The van der Waals surface area contributed by atoms with Gasteiger partial charge in [0, 0.05) is 11.3 Å². The first-order chi connectivity index (χ1) is 13.2. The third kappa shape index (κ3) is 5.94. The van der Waals surface area contributed by atoms with E-state index in [1.165, 1.54) is 0 Å². The summed E-state index contributed by atoms with van der Waals surface area (Å²) in [5.74, 6) is -1.08. The van der Waals surface area contributed by atoms with E-state index in [9.17, 15) is 14.4 Å². The van der Waals surface area contributed by atoms with Gasteiger partial charge < -0.3 is 15.4 Å². The van der Waals surface area contributed by atoms with Gasteiger partial charge in [0.05, 0.1) is 18.7 Å². The van der Waals surface area contributed by atoms with Crippen LogP contribution in [0.3, 0.4) is 0 Å². The molecule has 0 saturated heterocycles. The number of anilines is 1. The van der Waals surface area contributed by atoms with Crippen molar-refractivity contribution in [1.82, 2.24) is 5.32 Å². The first-order valence-corrected chi connectivity index (χ1v) is 9.16. The minimum Gasteiger partial charge on any atom is -0.462 e. The predicted molar refractivity (Wildman–Crippen MR) is 109 cm³/mol. The number of hydrogen-bond acceptors (Lipinski definition) is 4. The molecule has 2 amide bonds. The van der Waals surface area contributed by atoms with Crippen LogP contribution in [-0.2, 0) is 14.9 Å². The molecule has 2 rings (SSSR count). The van der Waals surface area contributed by atoms with E-state index < -0.39 is 5.97 Å².